The molecule has 0 atom stereocenters. The van der Waals surface area contributed by atoms with Crippen molar-refractivity contribution in [1.82, 2.24) is 4.98 Å². The predicted molar refractivity (Wildman–Crippen MR) is 85.8 cm³/mol. The topological polar surface area (TPSA) is 52.3 Å². The number of aromatic nitrogens is 1. The van der Waals surface area contributed by atoms with Crippen molar-refractivity contribution in [3.63, 3.8) is 0 Å². The summed E-state index contributed by atoms with van der Waals surface area (Å²) in [7, 11) is 0. The first-order valence-corrected chi connectivity index (χ1v) is 7.53. The van der Waals surface area contributed by atoms with Crippen LogP contribution in [0.5, 0.6) is 5.75 Å². The molecule has 0 aliphatic carbocycles. The zero-order valence-corrected chi connectivity index (χ0v) is 13.4. The Bertz CT molecular complexity index is 830. The van der Waals surface area contributed by atoms with E-state index in [1.807, 2.05) is 0 Å². The number of carbonyl (C=O) groups excluding carboxylic acids is 1. The number of aldehydes is 1. The zero-order chi connectivity index (χ0) is 16.2. The largest absolute Gasteiger partial charge is 0.483 e. The summed E-state index contributed by atoms with van der Waals surface area (Å²) in [6.07, 6.45) is 2.27. The van der Waals surface area contributed by atoms with Crippen LogP contribution in [0.3, 0.4) is 0 Å². The van der Waals surface area contributed by atoms with Gasteiger partial charge in [-0.3, -0.25) is 4.79 Å². The summed E-state index contributed by atoms with van der Waals surface area (Å²) >= 11 is 3.30. The smallest absolute Gasteiger partial charge is 0.232 e. The molecule has 6 heteroatoms. The molecular weight excluding hydrogens is 365 g/mol. The van der Waals surface area contributed by atoms with Crippen molar-refractivity contribution in [1.29, 1.82) is 0 Å². The van der Waals surface area contributed by atoms with Gasteiger partial charge in [0.2, 0.25) is 5.89 Å². The summed E-state index contributed by atoms with van der Waals surface area (Å²) in [5.41, 5.74) is 1.16. The van der Waals surface area contributed by atoms with Crippen molar-refractivity contribution in [2.75, 3.05) is 0 Å². The Morgan fingerprint density at radius 3 is 2.74 bits per heavy atom. The third kappa shape index (κ3) is 3.65. The average molecular weight is 376 g/mol. The van der Waals surface area contributed by atoms with E-state index in [1.165, 1.54) is 12.1 Å². The highest BCUT2D eigenvalue weighted by Gasteiger charge is 2.09. The van der Waals surface area contributed by atoms with Gasteiger partial charge in [0.25, 0.3) is 0 Å². The number of hydrogen-bond acceptors (Lipinski definition) is 4. The van der Waals surface area contributed by atoms with E-state index in [0.29, 0.717) is 23.0 Å². The minimum absolute atomic E-state index is 0.0870. The summed E-state index contributed by atoms with van der Waals surface area (Å²) in [4.78, 5) is 15.2. The molecule has 0 saturated carbocycles. The van der Waals surface area contributed by atoms with Crippen LogP contribution in [0.15, 0.2) is 57.6 Å². The molecule has 0 N–H and O–H groups in total. The molecule has 0 bridgehead atoms. The van der Waals surface area contributed by atoms with Crippen LogP contribution in [0, 0.1) is 5.82 Å². The number of rotatable bonds is 5. The van der Waals surface area contributed by atoms with Crippen LogP contribution in [-0.2, 0) is 6.61 Å². The lowest BCUT2D eigenvalue weighted by molar-refractivity contribution is 0.111. The maximum atomic E-state index is 12.9. The molecule has 3 aromatic rings. The number of oxazole rings is 1. The third-order valence-electron chi connectivity index (χ3n) is 3.13. The van der Waals surface area contributed by atoms with E-state index >= 15 is 0 Å². The van der Waals surface area contributed by atoms with Gasteiger partial charge in [0.1, 0.15) is 11.6 Å². The van der Waals surface area contributed by atoms with Crippen molar-refractivity contribution in [3.05, 3.63) is 70.4 Å². The number of nitrogens with zero attached hydrogens (tertiary/aromatic N) is 1. The van der Waals surface area contributed by atoms with Gasteiger partial charge in [-0.25, -0.2) is 9.37 Å². The molecule has 0 aliphatic rings. The minimum Gasteiger partial charge on any atom is -0.483 e. The summed E-state index contributed by atoms with van der Waals surface area (Å²) in [6, 6.07) is 11.1. The van der Waals surface area contributed by atoms with E-state index in [0.717, 1.165) is 16.3 Å². The summed E-state index contributed by atoms with van der Waals surface area (Å²) in [6.45, 7) is 0.0870. The van der Waals surface area contributed by atoms with Gasteiger partial charge >= 0.3 is 0 Å². The van der Waals surface area contributed by atoms with Crippen molar-refractivity contribution < 1.29 is 18.3 Å². The van der Waals surface area contributed by atoms with Gasteiger partial charge < -0.3 is 9.15 Å². The lowest BCUT2D eigenvalue weighted by Crippen LogP contribution is -1.98. The number of benzene rings is 2. The average Bonchev–Trinajstić information content (AvgIpc) is 3.03. The fourth-order valence-corrected chi connectivity index (χ4v) is 2.39. The summed E-state index contributed by atoms with van der Waals surface area (Å²) < 4.78 is 24.9. The van der Waals surface area contributed by atoms with Crippen LogP contribution in [-0.4, -0.2) is 11.3 Å². The van der Waals surface area contributed by atoms with E-state index in [4.69, 9.17) is 9.15 Å². The highest BCUT2D eigenvalue weighted by molar-refractivity contribution is 9.10. The Balaban J connectivity index is 1.72. The summed E-state index contributed by atoms with van der Waals surface area (Å²) in [5, 5.41) is 0. The molecule has 0 spiro atoms. The van der Waals surface area contributed by atoms with Crippen LogP contribution < -0.4 is 4.74 Å². The molecule has 116 valence electrons. The molecular formula is C17H11BrFNO3. The highest BCUT2D eigenvalue weighted by Crippen LogP contribution is 2.24. The first-order valence-electron chi connectivity index (χ1n) is 6.74. The van der Waals surface area contributed by atoms with E-state index in [2.05, 4.69) is 20.9 Å². The van der Waals surface area contributed by atoms with Crippen LogP contribution >= 0.6 is 15.9 Å². The lowest BCUT2D eigenvalue weighted by Gasteiger charge is -2.06. The van der Waals surface area contributed by atoms with Crippen LogP contribution in [0.1, 0.15) is 16.2 Å². The van der Waals surface area contributed by atoms with Gasteiger partial charge in [0.05, 0.1) is 11.8 Å². The molecule has 2 aromatic carbocycles. The maximum Gasteiger partial charge on any atom is 0.232 e. The normalized spacial score (nSPS) is 10.5. The molecule has 1 heterocycles. The monoisotopic (exact) mass is 375 g/mol. The van der Waals surface area contributed by atoms with Gasteiger partial charge in [-0.15, -0.1) is 0 Å². The van der Waals surface area contributed by atoms with Crippen molar-refractivity contribution in [3.8, 4) is 17.1 Å². The number of carbonyl (C=O) groups is 1. The van der Waals surface area contributed by atoms with E-state index in [1.54, 1.807) is 36.5 Å². The Morgan fingerprint density at radius 1 is 1.22 bits per heavy atom. The molecule has 0 saturated heterocycles. The quantitative estimate of drug-likeness (QED) is 0.609. The maximum absolute atomic E-state index is 12.9. The highest BCUT2D eigenvalue weighted by atomic mass is 79.9. The zero-order valence-electron chi connectivity index (χ0n) is 11.8. The van der Waals surface area contributed by atoms with Gasteiger partial charge in [-0.1, -0.05) is 15.9 Å². The molecule has 0 radical (unpaired) electrons. The second kappa shape index (κ2) is 6.75. The van der Waals surface area contributed by atoms with Gasteiger partial charge in [0.15, 0.2) is 18.7 Å². The molecule has 0 unspecified atom stereocenters. The standard InChI is InChI=1S/C17H11BrFNO3/c18-13-3-6-15(12(7-13)9-21)22-10-17-20-8-16(23-17)11-1-4-14(19)5-2-11/h1-9H,10H2. The Hall–Kier alpha value is -2.47. The van der Waals surface area contributed by atoms with Crippen LogP contribution in [0.2, 0.25) is 0 Å². The first-order chi connectivity index (χ1) is 11.2. The number of hydrogen-bond donors (Lipinski definition) is 0. The predicted octanol–water partition coefficient (Wildman–Crippen LogP) is 4.63. The fourth-order valence-electron chi connectivity index (χ4n) is 2.01. The summed E-state index contributed by atoms with van der Waals surface area (Å²) in [5.74, 6) is 1.03. The van der Waals surface area contributed by atoms with Crippen molar-refractivity contribution in [2.45, 2.75) is 6.61 Å². The molecule has 3 rings (SSSR count). The molecule has 0 fully saturated rings. The Labute approximate surface area is 140 Å². The number of ether oxygens (including phenoxy) is 1. The molecule has 4 nitrogen and oxygen atoms in total. The Morgan fingerprint density at radius 2 is 2.00 bits per heavy atom. The van der Waals surface area contributed by atoms with E-state index in [-0.39, 0.29) is 12.4 Å². The minimum atomic E-state index is -0.312. The molecule has 23 heavy (non-hydrogen) atoms. The third-order valence-corrected chi connectivity index (χ3v) is 3.63. The van der Waals surface area contributed by atoms with Crippen LogP contribution in [0.4, 0.5) is 4.39 Å². The second-order valence-electron chi connectivity index (χ2n) is 4.71. The SMILES string of the molecule is O=Cc1cc(Br)ccc1OCc1ncc(-c2ccc(F)cc2)o1. The van der Waals surface area contributed by atoms with Crippen molar-refractivity contribution in [2.24, 2.45) is 0 Å². The van der Waals surface area contributed by atoms with Crippen molar-refractivity contribution >= 4 is 22.2 Å². The molecule has 0 amide bonds. The van der Waals surface area contributed by atoms with Crippen LogP contribution in [0.25, 0.3) is 11.3 Å². The first kappa shape index (κ1) is 15.4. The van der Waals surface area contributed by atoms with Gasteiger partial charge in [-0.05, 0) is 42.5 Å². The second-order valence-corrected chi connectivity index (χ2v) is 5.63. The van der Waals surface area contributed by atoms with E-state index < -0.39 is 0 Å². The van der Waals surface area contributed by atoms with E-state index in [9.17, 15) is 9.18 Å². The van der Waals surface area contributed by atoms with Gasteiger partial charge in [0, 0.05) is 10.0 Å². The fraction of sp³-hybridized carbons (Fsp3) is 0.0588. The van der Waals surface area contributed by atoms with Gasteiger partial charge in [-0.2, -0.15) is 0 Å². The lowest BCUT2D eigenvalue weighted by atomic mass is 10.2. The molecule has 1 aromatic heterocycles. The Kier molecular flexibility index (Phi) is 4.52. The number of halogens is 2. The molecule has 0 aliphatic heterocycles.